The van der Waals surface area contributed by atoms with Crippen molar-refractivity contribution < 1.29 is 46.5 Å². The molecule has 1 N–H and O–H groups in total. The van der Waals surface area contributed by atoms with E-state index in [2.05, 4.69) is 6.92 Å². The Kier molecular flexibility index (Phi) is 14.0. The second-order valence-electron chi connectivity index (χ2n) is 9.47. The Hall–Kier alpha value is 1.02. The second-order valence-corrected chi connectivity index (χ2v) is 16.4. The van der Waals surface area contributed by atoms with E-state index in [4.69, 9.17) is 32.3 Å². The molecule has 0 aromatic carbocycles. The van der Waals surface area contributed by atoms with E-state index in [1.165, 1.54) is 13.3 Å². The van der Waals surface area contributed by atoms with Gasteiger partial charge < -0.3 is 0 Å². The second kappa shape index (κ2) is 14.4. The fourth-order valence-corrected chi connectivity index (χ4v) is 8.75. The Morgan fingerprint density at radius 3 is 1.80 bits per heavy atom. The van der Waals surface area contributed by atoms with Crippen molar-refractivity contribution in [2.75, 3.05) is 33.2 Å². The maximum absolute atomic E-state index is 13.0. The Morgan fingerprint density at radius 2 is 1.29 bits per heavy atom. The van der Waals surface area contributed by atoms with Crippen LogP contribution >= 0.6 is 15.2 Å². The molecule has 10 nitrogen and oxygen atoms in total. The first-order valence-electron chi connectivity index (χ1n) is 11.5. The minimum absolute atomic E-state index is 0. The van der Waals surface area contributed by atoms with Gasteiger partial charge in [0.25, 0.3) is 0 Å². The Morgan fingerprint density at radius 1 is 0.800 bits per heavy atom. The summed E-state index contributed by atoms with van der Waals surface area (Å²) >= 11 is 0.546. The molecule has 210 valence electrons. The van der Waals surface area contributed by atoms with Crippen LogP contribution in [-0.2, 0) is 41.4 Å². The van der Waals surface area contributed by atoms with E-state index in [0.29, 0.717) is 43.5 Å². The molecule has 3 heterocycles. The first kappa shape index (κ1) is 34.1. The van der Waals surface area contributed by atoms with Gasteiger partial charge >= 0.3 is 212 Å². The third-order valence-corrected chi connectivity index (χ3v) is 10.4. The molecule has 3 saturated heterocycles. The number of aliphatic hydroxyl groups excluding tert-OH is 1. The molecular formula is C22H47BiO10P2. The average Bonchev–Trinajstić information content (AvgIpc) is 3.33. The molecule has 11 atom stereocenters. The number of aliphatic hydroxyl groups is 1. The number of hydrogen-bond acceptors (Lipinski definition) is 10. The summed E-state index contributed by atoms with van der Waals surface area (Å²) in [4.78, 5) is 0. The van der Waals surface area contributed by atoms with E-state index in [9.17, 15) is 14.2 Å². The van der Waals surface area contributed by atoms with E-state index in [-0.39, 0.29) is 56.8 Å². The van der Waals surface area contributed by atoms with Crippen molar-refractivity contribution in [2.24, 2.45) is 5.92 Å². The van der Waals surface area contributed by atoms with Crippen molar-refractivity contribution in [2.45, 2.75) is 101 Å². The predicted octanol–water partition coefficient (Wildman–Crippen LogP) is 3.44. The van der Waals surface area contributed by atoms with Gasteiger partial charge in [-0.05, 0) is 0 Å². The first-order valence-corrected chi connectivity index (χ1v) is 18.1. The molecule has 0 aliphatic carbocycles. The number of ether oxygens (including phenoxy) is 3. The van der Waals surface area contributed by atoms with Crippen molar-refractivity contribution in [3.63, 3.8) is 0 Å². The summed E-state index contributed by atoms with van der Waals surface area (Å²) in [6.07, 6.45) is -0.000753. The van der Waals surface area contributed by atoms with E-state index in [1.54, 1.807) is 0 Å². The predicted molar refractivity (Wildman–Crippen MR) is 138 cm³/mol. The summed E-state index contributed by atoms with van der Waals surface area (Å²) in [5, 5.41) is 9.45. The molecule has 3 rings (SSSR count). The zero-order chi connectivity index (χ0) is 24.4. The molecule has 0 spiro atoms. The SMILES string of the molecule is C.C.CC1CC(C)C(COP(C)(=O)OC2C[CH]([BiH2])OC2COP(C)(=O)OC2CC(C)OC2CO)O1. The van der Waals surface area contributed by atoms with Crippen molar-refractivity contribution in [3.05, 3.63) is 0 Å². The van der Waals surface area contributed by atoms with Crippen molar-refractivity contribution >= 4 is 39.9 Å². The van der Waals surface area contributed by atoms with Crippen LogP contribution in [0.15, 0.2) is 0 Å². The monoisotopic (exact) mass is 742 g/mol. The van der Waals surface area contributed by atoms with Gasteiger partial charge in [0.1, 0.15) is 0 Å². The molecule has 0 amide bonds. The minimum atomic E-state index is -3.44. The van der Waals surface area contributed by atoms with E-state index < -0.39 is 39.6 Å². The summed E-state index contributed by atoms with van der Waals surface area (Å²) in [6, 6.07) is 0. The van der Waals surface area contributed by atoms with Gasteiger partial charge in [-0.1, -0.05) is 14.9 Å². The van der Waals surface area contributed by atoms with Gasteiger partial charge in [0.15, 0.2) is 0 Å². The third-order valence-electron chi connectivity index (χ3n) is 6.14. The van der Waals surface area contributed by atoms with Crippen LogP contribution in [0.5, 0.6) is 0 Å². The molecule has 3 aliphatic rings. The van der Waals surface area contributed by atoms with Crippen molar-refractivity contribution in [3.8, 4) is 0 Å². The van der Waals surface area contributed by atoms with Crippen LogP contribution in [-0.4, -0.2) is 110 Å². The van der Waals surface area contributed by atoms with Gasteiger partial charge in [-0.25, -0.2) is 0 Å². The van der Waals surface area contributed by atoms with Gasteiger partial charge in [-0.15, -0.1) is 0 Å². The first-order chi connectivity index (χ1) is 15.4. The number of rotatable bonds is 11. The van der Waals surface area contributed by atoms with Crippen molar-refractivity contribution in [1.82, 2.24) is 0 Å². The zero-order valence-electron chi connectivity index (χ0n) is 20.0. The van der Waals surface area contributed by atoms with E-state index in [1.807, 2.05) is 13.8 Å². The molecule has 11 unspecified atom stereocenters. The Bertz CT molecular complexity index is 743. The fraction of sp³-hybridized carbons (Fsp3) is 1.00. The van der Waals surface area contributed by atoms with Crippen LogP contribution in [0.2, 0.25) is 0 Å². The van der Waals surface area contributed by atoms with Gasteiger partial charge in [0.2, 0.25) is 0 Å². The molecule has 3 fully saturated rings. The van der Waals surface area contributed by atoms with Crippen molar-refractivity contribution in [1.29, 1.82) is 0 Å². The molecular weight excluding hydrogens is 695 g/mol. The van der Waals surface area contributed by atoms with Gasteiger partial charge in [0.05, 0.1) is 0 Å². The molecule has 35 heavy (non-hydrogen) atoms. The molecule has 3 aliphatic heterocycles. The Labute approximate surface area is 226 Å². The Balaban J connectivity index is 0.00000306. The van der Waals surface area contributed by atoms with E-state index >= 15 is 0 Å². The van der Waals surface area contributed by atoms with Crippen LogP contribution < -0.4 is 0 Å². The van der Waals surface area contributed by atoms with Gasteiger partial charge in [-0.3, -0.25) is 0 Å². The summed E-state index contributed by atoms with van der Waals surface area (Å²) < 4.78 is 66.1. The fourth-order valence-electron chi connectivity index (χ4n) is 4.54. The third kappa shape index (κ3) is 10.3. The van der Waals surface area contributed by atoms with Crippen LogP contribution in [0.4, 0.5) is 0 Å². The molecule has 0 radical (unpaired) electrons. The normalized spacial score (nSPS) is 40.5. The topological polar surface area (TPSA) is 119 Å². The molecule has 0 aromatic rings. The summed E-state index contributed by atoms with van der Waals surface area (Å²) in [7, 11) is -6.79. The molecule has 13 heteroatoms. The molecule has 0 bridgehead atoms. The number of hydrogen-bond donors (Lipinski definition) is 1. The summed E-state index contributed by atoms with van der Waals surface area (Å²) in [5.41, 5.74) is 0. The summed E-state index contributed by atoms with van der Waals surface area (Å²) in [6.45, 7) is 8.82. The quantitative estimate of drug-likeness (QED) is 0.249. The summed E-state index contributed by atoms with van der Waals surface area (Å²) in [5.74, 6) is 0.334. The zero-order valence-corrected chi connectivity index (χ0v) is 26.3. The van der Waals surface area contributed by atoms with E-state index in [0.717, 1.165) is 6.42 Å². The molecule has 0 aromatic heterocycles. The maximum atomic E-state index is 13.0. The van der Waals surface area contributed by atoms with Gasteiger partial charge in [-0.2, -0.15) is 0 Å². The van der Waals surface area contributed by atoms with Crippen LogP contribution in [0.25, 0.3) is 0 Å². The van der Waals surface area contributed by atoms with Crippen LogP contribution in [0.3, 0.4) is 0 Å². The van der Waals surface area contributed by atoms with Crippen LogP contribution in [0.1, 0.15) is 54.9 Å². The van der Waals surface area contributed by atoms with Crippen LogP contribution in [0, 0.1) is 5.92 Å². The molecule has 0 saturated carbocycles. The standard InChI is InChI=1S/C20H37O10P2.2CH4.Bi.2H/c1-13-8-14(2)28-19(13)11-25-31(4,22)29-16-6-7-24-20(16)12-26-32(5,23)30-17-9-15(3)27-18(17)10-21;;;;;/h7,13-21H,6,8-12H2,1-5H3;2*1H4;;;. The average molecular weight is 743 g/mol. The van der Waals surface area contributed by atoms with Gasteiger partial charge in [0, 0.05) is 0 Å².